The van der Waals surface area contributed by atoms with E-state index in [0.29, 0.717) is 0 Å². The average molecular weight is 369 g/mol. The SMILES string of the molecule is c1cncc(CN(Cc2ccon2)CC2CCCN(C3CCCCC3)C2)c1. The minimum absolute atomic E-state index is 0.740. The molecule has 0 bridgehead atoms. The molecule has 1 aliphatic heterocycles. The quantitative estimate of drug-likeness (QED) is 0.736. The van der Waals surface area contributed by atoms with Crippen molar-refractivity contribution in [1.82, 2.24) is 19.9 Å². The van der Waals surface area contributed by atoms with E-state index >= 15 is 0 Å². The summed E-state index contributed by atoms with van der Waals surface area (Å²) in [5.74, 6) is 0.740. The molecule has 2 aliphatic rings. The van der Waals surface area contributed by atoms with Gasteiger partial charge in [0.2, 0.25) is 0 Å². The van der Waals surface area contributed by atoms with E-state index in [4.69, 9.17) is 4.52 Å². The fourth-order valence-corrected chi connectivity index (χ4v) is 4.87. The molecule has 4 rings (SSSR count). The van der Waals surface area contributed by atoms with Crippen LogP contribution in [0.3, 0.4) is 0 Å². The van der Waals surface area contributed by atoms with Crippen LogP contribution in [0.15, 0.2) is 41.4 Å². The number of nitrogens with zero attached hydrogens (tertiary/aromatic N) is 4. The lowest BCUT2D eigenvalue weighted by molar-refractivity contribution is 0.0766. The molecule has 27 heavy (non-hydrogen) atoms. The van der Waals surface area contributed by atoms with Crippen molar-refractivity contribution in [2.24, 2.45) is 5.92 Å². The molecular weight excluding hydrogens is 336 g/mol. The molecule has 1 unspecified atom stereocenters. The number of aromatic nitrogens is 2. The third-order valence-electron chi connectivity index (χ3n) is 6.16. The van der Waals surface area contributed by atoms with E-state index in [0.717, 1.165) is 37.3 Å². The third-order valence-corrected chi connectivity index (χ3v) is 6.16. The summed E-state index contributed by atoms with van der Waals surface area (Å²) in [5, 5.41) is 4.14. The highest BCUT2D eigenvalue weighted by Gasteiger charge is 2.28. The van der Waals surface area contributed by atoms with Crippen molar-refractivity contribution in [3.63, 3.8) is 0 Å². The predicted molar refractivity (Wildman–Crippen MR) is 106 cm³/mol. The highest BCUT2D eigenvalue weighted by molar-refractivity contribution is 5.08. The van der Waals surface area contributed by atoms with Crippen molar-refractivity contribution >= 4 is 0 Å². The largest absolute Gasteiger partial charge is 0.364 e. The van der Waals surface area contributed by atoms with Gasteiger partial charge in [-0.1, -0.05) is 30.5 Å². The van der Waals surface area contributed by atoms with Crippen LogP contribution < -0.4 is 0 Å². The summed E-state index contributed by atoms with van der Waals surface area (Å²) in [4.78, 5) is 9.60. The van der Waals surface area contributed by atoms with Gasteiger partial charge in [-0.05, 0) is 49.8 Å². The summed E-state index contributed by atoms with van der Waals surface area (Å²) >= 11 is 0. The first-order chi connectivity index (χ1) is 13.4. The predicted octanol–water partition coefficient (Wildman–Crippen LogP) is 4.12. The lowest BCUT2D eigenvalue weighted by Crippen LogP contribution is -2.46. The van der Waals surface area contributed by atoms with Gasteiger partial charge in [0.25, 0.3) is 0 Å². The van der Waals surface area contributed by atoms with Crippen LogP contribution in [0.25, 0.3) is 0 Å². The Morgan fingerprint density at radius 1 is 1.07 bits per heavy atom. The van der Waals surface area contributed by atoms with Gasteiger partial charge in [-0.3, -0.25) is 9.88 Å². The van der Waals surface area contributed by atoms with Gasteiger partial charge in [0.1, 0.15) is 6.26 Å². The molecule has 1 saturated heterocycles. The van der Waals surface area contributed by atoms with Gasteiger partial charge in [-0.2, -0.15) is 0 Å². The topological polar surface area (TPSA) is 45.4 Å². The summed E-state index contributed by atoms with van der Waals surface area (Å²) in [5.41, 5.74) is 2.28. The molecule has 1 saturated carbocycles. The molecule has 1 atom stereocenters. The molecule has 5 nitrogen and oxygen atoms in total. The maximum atomic E-state index is 5.05. The molecule has 3 heterocycles. The van der Waals surface area contributed by atoms with Crippen LogP contribution in [0.2, 0.25) is 0 Å². The van der Waals surface area contributed by atoms with E-state index in [1.165, 1.54) is 63.6 Å². The minimum Gasteiger partial charge on any atom is -0.364 e. The van der Waals surface area contributed by atoms with Gasteiger partial charge in [0, 0.05) is 50.7 Å². The smallest absolute Gasteiger partial charge is 0.124 e. The van der Waals surface area contributed by atoms with E-state index in [2.05, 4.69) is 26.0 Å². The fraction of sp³-hybridized carbons (Fsp3) is 0.636. The van der Waals surface area contributed by atoms with E-state index in [1.54, 1.807) is 6.26 Å². The number of piperidine rings is 1. The second kappa shape index (κ2) is 9.47. The minimum atomic E-state index is 0.740. The molecule has 2 aromatic heterocycles. The Hall–Kier alpha value is -1.72. The molecule has 0 aromatic carbocycles. The summed E-state index contributed by atoms with van der Waals surface area (Å²) < 4.78 is 5.05. The van der Waals surface area contributed by atoms with E-state index in [-0.39, 0.29) is 0 Å². The van der Waals surface area contributed by atoms with Crippen LogP contribution in [0, 0.1) is 5.92 Å². The summed E-state index contributed by atoms with van der Waals surface area (Å²) in [6.07, 6.45) is 15.3. The fourth-order valence-electron chi connectivity index (χ4n) is 4.87. The first-order valence-corrected chi connectivity index (χ1v) is 10.6. The Balaban J connectivity index is 1.38. The molecular formula is C22H32N4O. The lowest BCUT2D eigenvalue weighted by Gasteiger charge is -2.41. The zero-order valence-electron chi connectivity index (χ0n) is 16.3. The normalized spacial score (nSPS) is 22.3. The zero-order chi connectivity index (χ0) is 18.3. The molecule has 0 radical (unpaired) electrons. The van der Waals surface area contributed by atoms with Crippen molar-refractivity contribution in [2.75, 3.05) is 19.6 Å². The van der Waals surface area contributed by atoms with Crippen LogP contribution in [0.5, 0.6) is 0 Å². The first-order valence-electron chi connectivity index (χ1n) is 10.6. The number of likely N-dealkylation sites (tertiary alicyclic amines) is 1. The molecule has 0 amide bonds. The van der Waals surface area contributed by atoms with E-state index in [1.807, 2.05) is 24.5 Å². The van der Waals surface area contributed by atoms with Gasteiger partial charge < -0.3 is 9.42 Å². The Morgan fingerprint density at radius 3 is 2.78 bits per heavy atom. The standard InChI is InChI=1S/C22H32N4O/c1-2-8-22(9-3-1)26-12-5-7-20(17-26)16-25(18-21-10-13-27-24-21)15-19-6-4-11-23-14-19/h4,6,10-11,13-14,20,22H,1-3,5,7-9,12,15-18H2. The Labute approximate surface area is 162 Å². The van der Waals surface area contributed by atoms with Crippen LogP contribution in [0.1, 0.15) is 56.2 Å². The highest BCUT2D eigenvalue weighted by atomic mass is 16.5. The van der Waals surface area contributed by atoms with Gasteiger partial charge in [0.05, 0.1) is 5.69 Å². The van der Waals surface area contributed by atoms with Crippen LogP contribution in [0.4, 0.5) is 0 Å². The molecule has 146 valence electrons. The molecule has 1 aliphatic carbocycles. The van der Waals surface area contributed by atoms with Crippen molar-refractivity contribution in [1.29, 1.82) is 0 Å². The van der Waals surface area contributed by atoms with Gasteiger partial charge in [-0.25, -0.2) is 0 Å². The average Bonchev–Trinajstić information content (AvgIpc) is 3.23. The maximum absolute atomic E-state index is 5.05. The van der Waals surface area contributed by atoms with Gasteiger partial charge >= 0.3 is 0 Å². The Kier molecular flexibility index (Phi) is 6.53. The third kappa shape index (κ3) is 5.39. The van der Waals surface area contributed by atoms with Gasteiger partial charge in [-0.15, -0.1) is 0 Å². The Morgan fingerprint density at radius 2 is 2.00 bits per heavy atom. The van der Waals surface area contributed by atoms with Crippen LogP contribution in [-0.2, 0) is 13.1 Å². The zero-order valence-corrected chi connectivity index (χ0v) is 16.3. The Bertz CT molecular complexity index is 654. The lowest BCUT2D eigenvalue weighted by atomic mass is 9.90. The summed E-state index contributed by atoms with van der Waals surface area (Å²) in [6.45, 7) is 5.43. The van der Waals surface area contributed by atoms with Crippen molar-refractivity contribution < 1.29 is 4.52 Å². The van der Waals surface area contributed by atoms with Gasteiger partial charge in [0.15, 0.2) is 0 Å². The van der Waals surface area contributed by atoms with E-state index < -0.39 is 0 Å². The van der Waals surface area contributed by atoms with Crippen LogP contribution in [-0.4, -0.2) is 45.6 Å². The number of hydrogen-bond acceptors (Lipinski definition) is 5. The van der Waals surface area contributed by atoms with E-state index in [9.17, 15) is 0 Å². The first kappa shape index (κ1) is 18.6. The van der Waals surface area contributed by atoms with Crippen molar-refractivity contribution in [3.8, 4) is 0 Å². The monoisotopic (exact) mass is 368 g/mol. The second-order valence-electron chi connectivity index (χ2n) is 8.32. The number of pyridine rings is 1. The molecule has 2 fully saturated rings. The number of rotatable bonds is 7. The van der Waals surface area contributed by atoms with Crippen LogP contribution >= 0.6 is 0 Å². The summed E-state index contributed by atoms with van der Waals surface area (Å²) in [6, 6.07) is 7.00. The molecule has 0 N–H and O–H groups in total. The maximum Gasteiger partial charge on any atom is 0.124 e. The number of hydrogen-bond donors (Lipinski definition) is 0. The highest BCUT2D eigenvalue weighted by Crippen LogP contribution is 2.28. The molecule has 0 spiro atoms. The molecule has 2 aromatic rings. The second-order valence-corrected chi connectivity index (χ2v) is 8.32. The van der Waals surface area contributed by atoms with Crippen molar-refractivity contribution in [2.45, 2.75) is 64.1 Å². The summed E-state index contributed by atoms with van der Waals surface area (Å²) in [7, 11) is 0. The molecule has 5 heteroatoms. The van der Waals surface area contributed by atoms with Crippen molar-refractivity contribution in [3.05, 3.63) is 48.1 Å².